The summed E-state index contributed by atoms with van der Waals surface area (Å²) < 4.78 is 14.2. The quantitative estimate of drug-likeness (QED) is 0.712. The Morgan fingerprint density at radius 1 is 1.19 bits per heavy atom. The molecule has 0 spiro atoms. The normalized spacial score (nSPS) is 10.8. The minimum Gasteiger partial charge on any atom is -0.398 e. The number of nitrogens with zero attached hydrogens (tertiary/aromatic N) is 1. The van der Waals surface area contributed by atoms with Crippen molar-refractivity contribution in [3.8, 4) is 0 Å². The number of rotatable bonds is 3. The molecule has 0 aliphatic carbocycles. The van der Waals surface area contributed by atoms with Crippen molar-refractivity contribution in [2.75, 3.05) is 11.1 Å². The van der Waals surface area contributed by atoms with Crippen molar-refractivity contribution in [3.63, 3.8) is 0 Å². The lowest BCUT2D eigenvalue weighted by atomic mass is 10.1. The van der Waals surface area contributed by atoms with Crippen LogP contribution in [0.2, 0.25) is 5.02 Å². The summed E-state index contributed by atoms with van der Waals surface area (Å²) in [6.07, 6.45) is 1.62. The fourth-order valence-corrected chi connectivity index (χ4v) is 2.46. The van der Waals surface area contributed by atoms with Gasteiger partial charge in [0.15, 0.2) is 5.82 Å². The molecule has 1 heterocycles. The number of aromatic nitrogens is 1. The second-order valence-electron chi connectivity index (χ2n) is 4.71. The average molecular weight is 302 g/mol. The molecule has 3 nitrogen and oxygen atoms in total. The van der Waals surface area contributed by atoms with Crippen molar-refractivity contribution in [3.05, 3.63) is 65.1 Å². The van der Waals surface area contributed by atoms with E-state index in [-0.39, 0.29) is 0 Å². The van der Waals surface area contributed by atoms with Gasteiger partial charge in [0, 0.05) is 28.8 Å². The first-order chi connectivity index (χ1) is 10.1. The molecule has 3 aromatic rings. The highest BCUT2D eigenvalue weighted by molar-refractivity contribution is 6.30. The molecule has 0 unspecified atom stereocenters. The third-order valence-electron chi connectivity index (χ3n) is 3.23. The minimum absolute atomic E-state index is 0.347. The number of benzene rings is 2. The van der Waals surface area contributed by atoms with Crippen LogP contribution in [0.4, 0.5) is 15.8 Å². The SMILES string of the molecule is Nc1cc(F)c(NCc2cccc(Cl)c2)c2ncccc12. The van der Waals surface area contributed by atoms with Gasteiger partial charge in [-0.1, -0.05) is 23.7 Å². The van der Waals surface area contributed by atoms with Gasteiger partial charge in [0.1, 0.15) is 0 Å². The number of nitrogen functional groups attached to an aromatic ring is 1. The summed E-state index contributed by atoms with van der Waals surface area (Å²) in [7, 11) is 0. The van der Waals surface area contributed by atoms with E-state index in [0.29, 0.717) is 28.5 Å². The summed E-state index contributed by atoms with van der Waals surface area (Å²) in [6.45, 7) is 0.451. The summed E-state index contributed by atoms with van der Waals surface area (Å²) in [6, 6.07) is 12.3. The van der Waals surface area contributed by atoms with E-state index in [0.717, 1.165) is 10.9 Å². The predicted molar refractivity (Wildman–Crippen MR) is 84.9 cm³/mol. The van der Waals surface area contributed by atoms with E-state index in [1.165, 1.54) is 6.07 Å². The fraction of sp³-hybridized carbons (Fsp3) is 0.0625. The monoisotopic (exact) mass is 301 g/mol. The van der Waals surface area contributed by atoms with Crippen molar-refractivity contribution >= 4 is 33.9 Å². The fourth-order valence-electron chi connectivity index (χ4n) is 2.24. The number of hydrogen-bond donors (Lipinski definition) is 2. The Hall–Kier alpha value is -2.33. The van der Waals surface area contributed by atoms with Crippen LogP contribution in [0, 0.1) is 5.82 Å². The van der Waals surface area contributed by atoms with E-state index >= 15 is 0 Å². The highest BCUT2D eigenvalue weighted by Crippen LogP contribution is 2.30. The molecule has 21 heavy (non-hydrogen) atoms. The smallest absolute Gasteiger partial charge is 0.150 e. The minimum atomic E-state index is -0.416. The number of halogens is 2. The standard InChI is InChI=1S/C16H13ClFN3/c17-11-4-1-3-10(7-11)9-21-16-13(18)8-14(19)12-5-2-6-20-15(12)16/h1-8,21H,9,19H2. The van der Waals surface area contributed by atoms with E-state index in [2.05, 4.69) is 10.3 Å². The Balaban J connectivity index is 1.97. The molecule has 0 bridgehead atoms. The topological polar surface area (TPSA) is 50.9 Å². The lowest BCUT2D eigenvalue weighted by Gasteiger charge is -2.12. The second kappa shape index (κ2) is 5.58. The molecule has 5 heteroatoms. The summed E-state index contributed by atoms with van der Waals surface area (Å²) >= 11 is 5.94. The van der Waals surface area contributed by atoms with Crippen LogP contribution in [-0.2, 0) is 6.54 Å². The van der Waals surface area contributed by atoms with E-state index in [1.807, 2.05) is 24.3 Å². The van der Waals surface area contributed by atoms with Crippen LogP contribution in [-0.4, -0.2) is 4.98 Å². The molecule has 0 amide bonds. The number of anilines is 2. The van der Waals surface area contributed by atoms with Gasteiger partial charge in [0.2, 0.25) is 0 Å². The Bertz CT molecular complexity index is 805. The molecule has 0 fully saturated rings. The van der Waals surface area contributed by atoms with Gasteiger partial charge in [0.25, 0.3) is 0 Å². The van der Waals surface area contributed by atoms with Crippen LogP contribution in [0.5, 0.6) is 0 Å². The number of hydrogen-bond acceptors (Lipinski definition) is 3. The second-order valence-corrected chi connectivity index (χ2v) is 5.14. The van der Waals surface area contributed by atoms with Gasteiger partial charge in [-0.3, -0.25) is 4.98 Å². The lowest BCUT2D eigenvalue weighted by Crippen LogP contribution is -2.04. The zero-order chi connectivity index (χ0) is 14.8. The van der Waals surface area contributed by atoms with Gasteiger partial charge >= 0.3 is 0 Å². The Labute approximate surface area is 126 Å². The molecule has 0 atom stereocenters. The van der Waals surface area contributed by atoms with Crippen molar-refractivity contribution in [1.82, 2.24) is 4.98 Å². The molecular formula is C16H13ClFN3. The number of fused-ring (bicyclic) bond motifs is 1. The maximum Gasteiger partial charge on any atom is 0.150 e. The molecule has 3 rings (SSSR count). The van der Waals surface area contributed by atoms with E-state index in [1.54, 1.807) is 18.3 Å². The first-order valence-corrected chi connectivity index (χ1v) is 6.84. The van der Waals surface area contributed by atoms with Crippen LogP contribution < -0.4 is 11.1 Å². The zero-order valence-corrected chi connectivity index (χ0v) is 11.9. The molecule has 1 aromatic heterocycles. The number of nitrogens with two attached hydrogens (primary N) is 1. The number of pyridine rings is 1. The summed E-state index contributed by atoms with van der Waals surface area (Å²) in [5, 5.41) is 4.45. The molecular weight excluding hydrogens is 289 g/mol. The first-order valence-electron chi connectivity index (χ1n) is 6.46. The van der Waals surface area contributed by atoms with Crippen LogP contribution >= 0.6 is 11.6 Å². The van der Waals surface area contributed by atoms with Crippen molar-refractivity contribution in [1.29, 1.82) is 0 Å². The summed E-state index contributed by atoms with van der Waals surface area (Å²) in [4.78, 5) is 4.22. The summed E-state index contributed by atoms with van der Waals surface area (Å²) in [5.74, 6) is -0.416. The molecule has 2 aromatic carbocycles. The van der Waals surface area contributed by atoms with Gasteiger partial charge < -0.3 is 11.1 Å². The molecule has 106 valence electrons. The largest absolute Gasteiger partial charge is 0.398 e. The Morgan fingerprint density at radius 2 is 2.05 bits per heavy atom. The highest BCUT2D eigenvalue weighted by Gasteiger charge is 2.11. The van der Waals surface area contributed by atoms with E-state index in [4.69, 9.17) is 17.3 Å². The van der Waals surface area contributed by atoms with Crippen LogP contribution in [0.3, 0.4) is 0 Å². The number of nitrogens with one attached hydrogen (secondary N) is 1. The third kappa shape index (κ3) is 2.76. The van der Waals surface area contributed by atoms with Gasteiger partial charge in [0.05, 0.1) is 11.2 Å². The molecule has 0 radical (unpaired) electrons. The molecule has 0 saturated carbocycles. The Morgan fingerprint density at radius 3 is 2.86 bits per heavy atom. The van der Waals surface area contributed by atoms with Crippen molar-refractivity contribution in [2.45, 2.75) is 6.54 Å². The third-order valence-corrected chi connectivity index (χ3v) is 3.47. The van der Waals surface area contributed by atoms with Gasteiger partial charge in [-0.15, -0.1) is 0 Å². The Kier molecular flexibility index (Phi) is 3.62. The predicted octanol–water partition coefficient (Wildman–Crippen LogP) is 4.22. The maximum absolute atomic E-state index is 14.2. The summed E-state index contributed by atoms with van der Waals surface area (Å²) in [5.41, 5.74) is 8.04. The van der Waals surface area contributed by atoms with Gasteiger partial charge in [-0.05, 0) is 35.9 Å². The average Bonchev–Trinajstić information content (AvgIpc) is 2.47. The molecule has 3 N–H and O–H groups in total. The maximum atomic E-state index is 14.2. The van der Waals surface area contributed by atoms with Crippen LogP contribution in [0.1, 0.15) is 5.56 Å². The lowest BCUT2D eigenvalue weighted by molar-refractivity contribution is 0.632. The van der Waals surface area contributed by atoms with Crippen molar-refractivity contribution in [2.24, 2.45) is 0 Å². The first kappa shape index (κ1) is 13.6. The van der Waals surface area contributed by atoms with Crippen LogP contribution in [0.25, 0.3) is 10.9 Å². The molecule has 0 saturated heterocycles. The highest BCUT2D eigenvalue weighted by atomic mass is 35.5. The van der Waals surface area contributed by atoms with Gasteiger partial charge in [-0.25, -0.2) is 4.39 Å². The van der Waals surface area contributed by atoms with E-state index in [9.17, 15) is 4.39 Å². The molecule has 0 aliphatic heterocycles. The van der Waals surface area contributed by atoms with Gasteiger partial charge in [-0.2, -0.15) is 0 Å². The van der Waals surface area contributed by atoms with E-state index < -0.39 is 5.82 Å². The molecule has 0 aliphatic rings. The van der Waals surface area contributed by atoms with Crippen molar-refractivity contribution < 1.29 is 4.39 Å². The zero-order valence-electron chi connectivity index (χ0n) is 11.1. The van der Waals surface area contributed by atoms with Crippen LogP contribution in [0.15, 0.2) is 48.7 Å².